The largest absolute Gasteiger partial charge is 0.453 e. The summed E-state index contributed by atoms with van der Waals surface area (Å²) >= 11 is 0. The van der Waals surface area contributed by atoms with E-state index < -0.39 is 12.1 Å². The summed E-state index contributed by atoms with van der Waals surface area (Å²) in [6.45, 7) is 4.57. The standard InChI is InChI=1S/C22H29BN4O3/c1-13(2)18(26-21(29)30-3)20(28)27-12-22(8-9-22)10-17(27)19-24-11-16(25-19)14-4-6-15(23)7-5-14/h4-7,11,13,17-18H,8-10,12,23H2,1-3H3,(H,24,25)(H,26,29)/t17-,18-/m0/s1. The lowest BCUT2D eigenvalue weighted by Gasteiger charge is -2.30. The summed E-state index contributed by atoms with van der Waals surface area (Å²) < 4.78 is 4.73. The van der Waals surface area contributed by atoms with Gasteiger partial charge < -0.3 is 19.9 Å². The van der Waals surface area contributed by atoms with Crippen LogP contribution in [-0.4, -0.2) is 54.4 Å². The van der Waals surface area contributed by atoms with Crippen molar-refractivity contribution in [3.8, 4) is 11.3 Å². The molecule has 0 bridgehead atoms. The Morgan fingerprint density at radius 1 is 1.30 bits per heavy atom. The number of alkyl carbamates (subject to hydrolysis) is 1. The number of nitrogens with one attached hydrogen (secondary N) is 2. The molecule has 4 rings (SSSR count). The molecule has 1 saturated carbocycles. The van der Waals surface area contributed by atoms with Gasteiger partial charge in [0.2, 0.25) is 5.91 Å². The third-order valence-corrected chi connectivity index (χ3v) is 6.40. The number of rotatable bonds is 5. The molecule has 2 heterocycles. The van der Waals surface area contributed by atoms with E-state index in [0.29, 0.717) is 6.54 Å². The van der Waals surface area contributed by atoms with Gasteiger partial charge in [0.15, 0.2) is 0 Å². The van der Waals surface area contributed by atoms with Gasteiger partial charge in [-0.15, -0.1) is 0 Å². The molecule has 2 N–H and O–H groups in total. The van der Waals surface area contributed by atoms with Crippen molar-refractivity contribution in [2.24, 2.45) is 11.3 Å². The van der Waals surface area contributed by atoms with Crippen molar-refractivity contribution in [2.45, 2.75) is 45.2 Å². The van der Waals surface area contributed by atoms with Crippen molar-refractivity contribution in [1.29, 1.82) is 0 Å². The summed E-state index contributed by atoms with van der Waals surface area (Å²) in [5.74, 6) is 0.688. The number of H-pyrrole nitrogens is 1. The molecule has 1 aromatic carbocycles. The van der Waals surface area contributed by atoms with Crippen molar-refractivity contribution >= 4 is 25.3 Å². The molecule has 2 amide bonds. The van der Waals surface area contributed by atoms with Gasteiger partial charge in [0, 0.05) is 18.3 Å². The lowest BCUT2D eigenvalue weighted by Crippen LogP contribution is -2.51. The molecule has 8 heteroatoms. The summed E-state index contributed by atoms with van der Waals surface area (Å²) in [5.41, 5.74) is 3.33. The second-order valence-corrected chi connectivity index (χ2v) is 9.08. The first-order chi connectivity index (χ1) is 14.3. The fourth-order valence-electron chi connectivity index (χ4n) is 4.33. The van der Waals surface area contributed by atoms with Gasteiger partial charge >= 0.3 is 6.09 Å². The van der Waals surface area contributed by atoms with Crippen LogP contribution in [0.3, 0.4) is 0 Å². The highest BCUT2D eigenvalue weighted by Crippen LogP contribution is 2.58. The van der Waals surface area contributed by atoms with Crippen LogP contribution in [0.1, 0.15) is 45.0 Å². The number of methoxy groups -OCH3 is 1. The summed E-state index contributed by atoms with van der Waals surface area (Å²) in [6.07, 6.45) is 4.50. The number of imidazole rings is 1. The topological polar surface area (TPSA) is 87.3 Å². The van der Waals surface area contributed by atoms with Crippen LogP contribution in [0.5, 0.6) is 0 Å². The normalized spacial score (nSPS) is 20.4. The van der Waals surface area contributed by atoms with Gasteiger partial charge in [-0.25, -0.2) is 9.78 Å². The third kappa shape index (κ3) is 3.95. The van der Waals surface area contributed by atoms with Gasteiger partial charge in [0.25, 0.3) is 0 Å². The van der Waals surface area contributed by atoms with Gasteiger partial charge in [-0.2, -0.15) is 0 Å². The maximum Gasteiger partial charge on any atom is 0.407 e. The molecule has 1 saturated heterocycles. The van der Waals surface area contributed by atoms with Crippen molar-refractivity contribution in [3.63, 3.8) is 0 Å². The number of aromatic amines is 1. The molecular weight excluding hydrogens is 379 g/mol. The highest BCUT2D eigenvalue weighted by atomic mass is 16.5. The fraction of sp³-hybridized carbons (Fsp3) is 0.500. The molecule has 30 heavy (non-hydrogen) atoms. The summed E-state index contributed by atoms with van der Waals surface area (Å²) in [6, 6.07) is 7.52. The number of carbonyl (C=O) groups is 2. The Kier molecular flexibility index (Phi) is 5.34. The zero-order valence-electron chi connectivity index (χ0n) is 18.1. The first-order valence-electron chi connectivity index (χ1n) is 10.6. The highest BCUT2D eigenvalue weighted by Gasteiger charge is 2.55. The van der Waals surface area contributed by atoms with Crippen molar-refractivity contribution in [1.82, 2.24) is 20.2 Å². The number of carbonyl (C=O) groups excluding carboxylic acids is 2. The Hall–Kier alpha value is -2.77. The summed E-state index contributed by atoms with van der Waals surface area (Å²) in [7, 11) is 3.37. The smallest absolute Gasteiger partial charge is 0.407 e. The van der Waals surface area contributed by atoms with Crippen molar-refractivity contribution in [2.75, 3.05) is 13.7 Å². The summed E-state index contributed by atoms with van der Waals surface area (Å²) in [5, 5.41) is 2.72. The molecule has 1 aromatic heterocycles. The van der Waals surface area contributed by atoms with E-state index in [2.05, 4.69) is 42.4 Å². The van der Waals surface area contributed by atoms with Crippen molar-refractivity contribution in [3.05, 3.63) is 36.3 Å². The molecule has 2 aliphatic rings. The first kappa shape index (κ1) is 20.5. The van der Waals surface area contributed by atoms with Crippen LogP contribution < -0.4 is 10.8 Å². The molecule has 2 atom stereocenters. The van der Waals surface area contributed by atoms with E-state index in [1.165, 1.54) is 12.6 Å². The summed E-state index contributed by atoms with van der Waals surface area (Å²) in [4.78, 5) is 35.3. The van der Waals surface area contributed by atoms with E-state index in [1.54, 1.807) is 0 Å². The Labute approximate surface area is 178 Å². The first-order valence-corrected chi connectivity index (χ1v) is 10.6. The van der Waals surface area contributed by atoms with E-state index in [0.717, 1.165) is 36.3 Å². The van der Waals surface area contributed by atoms with E-state index in [9.17, 15) is 9.59 Å². The Balaban J connectivity index is 1.59. The monoisotopic (exact) mass is 408 g/mol. The number of aromatic nitrogens is 2. The number of benzene rings is 1. The van der Waals surface area contributed by atoms with Crippen LogP contribution in [0.25, 0.3) is 11.3 Å². The van der Waals surface area contributed by atoms with Crippen LogP contribution >= 0.6 is 0 Å². The molecule has 158 valence electrons. The van der Waals surface area contributed by atoms with Crippen LogP contribution in [0, 0.1) is 11.3 Å². The molecule has 0 unspecified atom stereocenters. The van der Waals surface area contributed by atoms with Crippen LogP contribution in [0.4, 0.5) is 4.79 Å². The molecule has 0 radical (unpaired) electrons. The SMILES string of the molecule is Bc1ccc(-c2c[nH]c([C@@H]3CC4(CC4)CN3C(=O)[C@@H](NC(=O)OC)C(C)C)n2)cc1. The van der Waals surface area contributed by atoms with E-state index >= 15 is 0 Å². The Bertz CT molecular complexity index is 936. The Morgan fingerprint density at radius 3 is 2.60 bits per heavy atom. The molecule has 1 spiro atoms. The van der Waals surface area contributed by atoms with Crippen molar-refractivity contribution < 1.29 is 14.3 Å². The minimum atomic E-state index is -0.625. The average Bonchev–Trinajstić information content (AvgIpc) is 3.13. The highest BCUT2D eigenvalue weighted by molar-refractivity contribution is 6.32. The molecule has 2 fully saturated rings. The lowest BCUT2D eigenvalue weighted by atomic mass is 9.95. The lowest BCUT2D eigenvalue weighted by molar-refractivity contribution is -0.135. The van der Waals surface area contributed by atoms with Crippen LogP contribution in [-0.2, 0) is 9.53 Å². The van der Waals surface area contributed by atoms with Crippen LogP contribution in [0.15, 0.2) is 30.5 Å². The second-order valence-electron chi connectivity index (χ2n) is 9.08. The zero-order valence-corrected chi connectivity index (χ0v) is 18.1. The van der Waals surface area contributed by atoms with E-state index in [4.69, 9.17) is 9.72 Å². The number of likely N-dealkylation sites (tertiary alicyclic amines) is 1. The predicted octanol–water partition coefficient (Wildman–Crippen LogP) is 1.77. The molecule has 2 aromatic rings. The molecule has 7 nitrogen and oxygen atoms in total. The average molecular weight is 408 g/mol. The number of nitrogens with zero attached hydrogens (tertiary/aromatic N) is 2. The van der Waals surface area contributed by atoms with Gasteiger partial charge in [0.05, 0.1) is 18.8 Å². The van der Waals surface area contributed by atoms with Gasteiger partial charge in [0.1, 0.15) is 19.7 Å². The fourth-order valence-corrected chi connectivity index (χ4v) is 4.33. The second kappa shape index (κ2) is 7.82. The minimum Gasteiger partial charge on any atom is -0.453 e. The maximum absolute atomic E-state index is 13.5. The van der Waals surface area contributed by atoms with Crippen LogP contribution in [0.2, 0.25) is 0 Å². The van der Waals surface area contributed by atoms with E-state index in [-0.39, 0.29) is 23.3 Å². The number of hydrogen-bond donors (Lipinski definition) is 2. The quantitative estimate of drug-likeness (QED) is 0.739. The van der Waals surface area contributed by atoms with Gasteiger partial charge in [-0.05, 0) is 30.6 Å². The zero-order chi connectivity index (χ0) is 21.5. The number of hydrogen-bond acceptors (Lipinski definition) is 4. The van der Waals surface area contributed by atoms with E-state index in [1.807, 2.05) is 24.9 Å². The number of ether oxygens (including phenoxy) is 1. The number of amides is 2. The minimum absolute atomic E-state index is 0.0484. The molecular formula is C22H29BN4O3. The Morgan fingerprint density at radius 2 is 2.00 bits per heavy atom. The molecule has 1 aliphatic heterocycles. The molecule has 1 aliphatic carbocycles. The predicted molar refractivity (Wildman–Crippen MR) is 117 cm³/mol. The van der Waals surface area contributed by atoms with Gasteiger partial charge in [-0.1, -0.05) is 43.6 Å². The van der Waals surface area contributed by atoms with Gasteiger partial charge in [-0.3, -0.25) is 4.79 Å². The maximum atomic E-state index is 13.5. The third-order valence-electron chi connectivity index (χ3n) is 6.40.